The molecule has 3 heteroatoms. The Morgan fingerprint density at radius 1 is 1.70 bits per heavy atom. The number of rotatable bonds is 2. The summed E-state index contributed by atoms with van der Waals surface area (Å²) in [7, 11) is 0. The average molecular weight is 144 g/mol. The maximum absolute atomic E-state index is 9.16. The van der Waals surface area contributed by atoms with Gasteiger partial charge in [0.05, 0.1) is 6.61 Å². The van der Waals surface area contributed by atoms with Crippen molar-refractivity contribution >= 4 is 0 Å². The molecule has 0 radical (unpaired) electrons. The van der Waals surface area contributed by atoms with Crippen molar-refractivity contribution in [2.24, 2.45) is 0 Å². The first-order valence-electron chi connectivity index (χ1n) is 3.43. The van der Waals surface area contributed by atoms with E-state index in [0.29, 0.717) is 6.61 Å². The number of hydrogen-bond donors (Lipinski definition) is 1. The highest BCUT2D eigenvalue weighted by molar-refractivity contribution is 4.85. The highest BCUT2D eigenvalue weighted by atomic mass is 17.2. The van der Waals surface area contributed by atoms with Crippen molar-refractivity contribution in [3.8, 4) is 0 Å². The summed E-state index contributed by atoms with van der Waals surface area (Å²) >= 11 is 0. The predicted molar refractivity (Wildman–Crippen MR) is 36.3 cm³/mol. The van der Waals surface area contributed by atoms with Crippen LogP contribution < -0.4 is 0 Å². The van der Waals surface area contributed by atoms with Gasteiger partial charge in [-0.15, -0.1) is 6.58 Å². The zero-order valence-corrected chi connectivity index (χ0v) is 5.82. The summed E-state index contributed by atoms with van der Waals surface area (Å²) < 4.78 is 0. The number of aliphatic hydroxyl groups excluding tert-OH is 1. The molecule has 1 aliphatic heterocycles. The van der Waals surface area contributed by atoms with Crippen molar-refractivity contribution in [3.63, 3.8) is 0 Å². The van der Waals surface area contributed by atoms with Crippen LogP contribution in [0.1, 0.15) is 12.8 Å². The molecule has 1 aliphatic rings. The Labute approximate surface area is 60.2 Å². The first-order valence-corrected chi connectivity index (χ1v) is 3.43. The van der Waals surface area contributed by atoms with Crippen molar-refractivity contribution in [1.29, 1.82) is 0 Å². The summed E-state index contributed by atoms with van der Waals surface area (Å²) in [6.45, 7) is 4.08. The van der Waals surface area contributed by atoms with Gasteiger partial charge in [0.2, 0.25) is 0 Å². The Morgan fingerprint density at radius 3 is 3.00 bits per heavy atom. The second-order valence-corrected chi connectivity index (χ2v) is 2.33. The molecule has 0 spiro atoms. The highest BCUT2D eigenvalue weighted by Gasteiger charge is 2.20. The van der Waals surface area contributed by atoms with Gasteiger partial charge in [-0.2, -0.15) is 0 Å². The molecule has 3 nitrogen and oxygen atoms in total. The van der Waals surface area contributed by atoms with Gasteiger partial charge in [0.25, 0.3) is 0 Å². The molecule has 1 heterocycles. The number of aliphatic hydroxyl groups is 1. The fraction of sp³-hybridized carbons (Fsp3) is 0.714. The van der Waals surface area contributed by atoms with E-state index in [2.05, 4.69) is 6.58 Å². The lowest BCUT2D eigenvalue weighted by Gasteiger charge is -2.23. The van der Waals surface area contributed by atoms with E-state index >= 15 is 0 Å². The van der Waals surface area contributed by atoms with Gasteiger partial charge in [0.1, 0.15) is 12.2 Å². The van der Waals surface area contributed by atoms with Gasteiger partial charge >= 0.3 is 0 Å². The van der Waals surface area contributed by atoms with E-state index in [1.54, 1.807) is 0 Å². The molecule has 2 atom stereocenters. The van der Waals surface area contributed by atoms with Crippen LogP contribution in [0.4, 0.5) is 0 Å². The third kappa shape index (κ3) is 1.80. The van der Waals surface area contributed by atoms with E-state index < -0.39 is 6.10 Å². The smallest absolute Gasteiger partial charge is 0.122 e. The van der Waals surface area contributed by atoms with Gasteiger partial charge in [-0.25, -0.2) is 9.78 Å². The van der Waals surface area contributed by atoms with Gasteiger partial charge in [-0.05, 0) is 12.8 Å². The normalized spacial score (nSPS) is 29.5. The first kappa shape index (κ1) is 7.72. The van der Waals surface area contributed by atoms with Crippen LogP contribution in [0.2, 0.25) is 0 Å². The molecule has 0 aromatic rings. The van der Waals surface area contributed by atoms with E-state index in [-0.39, 0.29) is 6.10 Å². The van der Waals surface area contributed by atoms with Crippen LogP contribution in [0.3, 0.4) is 0 Å². The van der Waals surface area contributed by atoms with Crippen molar-refractivity contribution < 1.29 is 14.9 Å². The maximum Gasteiger partial charge on any atom is 0.122 e. The summed E-state index contributed by atoms with van der Waals surface area (Å²) in [6.07, 6.45) is 2.42. The monoisotopic (exact) mass is 144 g/mol. The van der Waals surface area contributed by atoms with E-state index in [4.69, 9.17) is 14.9 Å². The molecule has 1 N–H and O–H groups in total. The third-order valence-corrected chi connectivity index (χ3v) is 1.53. The largest absolute Gasteiger partial charge is 0.386 e. The molecule has 1 saturated heterocycles. The minimum absolute atomic E-state index is 0.216. The van der Waals surface area contributed by atoms with Crippen molar-refractivity contribution in [3.05, 3.63) is 12.7 Å². The van der Waals surface area contributed by atoms with Crippen LogP contribution in [0, 0.1) is 0 Å². The van der Waals surface area contributed by atoms with Crippen LogP contribution in [0.15, 0.2) is 12.7 Å². The van der Waals surface area contributed by atoms with Crippen molar-refractivity contribution in [2.75, 3.05) is 6.61 Å². The molecule has 1 rings (SSSR count). The van der Waals surface area contributed by atoms with Crippen LogP contribution in [-0.2, 0) is 9.78 Å². The highest BCUT2D eigenvalue weighted by Crippen LogP contribution is 2.13. The van der Waals surface area contributed by atoms with Crippen molar-refractivity contribution in [1.82, 2.24) is 0 Å². The molecular weight excluding hydrogens is 132 g/mol. The predicted octanol–water partition coefficient (Wildman–Crippen LogP) is 0.644. The molecule has 0 aromatic carbocycles. The Kier molecular flexibility index (Phi) is 2.86. The van der Waals surface area contributed by atoms with E-state index in [1.807, 2.05) is 0 Å². The SMILES string of the molecule is C=CC(O)C1CCCOO1. The van der Waals surface area contributed by atoms with Crippen molar-refractivity contribution in [2.45, 2.75) is 25.0 Å². The summed E-state index contributed by atoms with van der Waals surface area (Å²) in [6, 6.07) is 0. The fourth-order valence-corrected chi connectivity index (χ4v) is 0.907. The first-order chi connectivity index (χ1) is 4.84. The Bertz CT molecular complexity index is 107. The van der Waals surface area contributed by atoms with E-state index in [1.165, 1.54) is 6.08 Å². The summed E-state index contributed by atoms with van der Waals surface area (Å²) in [4.78, 5) is 9.51. The van der Waals surface area contributed by atoms with Gasteiger partial charge in [-0.3, -0.25) is 0 Å². The molecule has 0 saturated carbocycles. The molecule has 58 valence electrons. The zero-order chi connectivity index (χ0) is 7.40. The van der Waals surface area contributed by atoms with Crippen LogP contribution in [0.5, 0.6) is 0 Å². The lowest BCUT2D eigenvalue weighted by atomic mass is 10.1. The lowest BCUT2D eigenvalue weighted by molar-refractivity contribution is -0.354. The lowest BCUT2D eigenvalue weighted by Crippen LogP contribution is -2.30. The van der Waals surface area contributed by atoms with Crippen LogP contribution >= 0.6 is 0 Å². The summed E-state index contributed by atoms with van der Waals surface area (Å²) in [5.74, 6) is 0. The van der Waals surface area contributed by atoms with E-state index in [0.717, 1.165) is 12.8 Å². The van der Waals surface area contributed by atoms with Crippen LogP contribution in [-0.4, -0.2) is 23.9 Å². The Morgan fingerprint density at radius 2 is 2.50 bits per heavy atom. The third-order valence-electron chi connectivity index (χ3n) is 1.53. The minimum Gasteiger partial charge on any atom is -0.386 e. The average Bonchev–Trinajstić information content (AvgIpc) is 2.05. The molecule has 2 unspecified atom stereocenters. The second-order valence-electron chi connectivity index (χ2n) is 2.33. The maximum atomic E-state index is 9.16. The Balaban J connectivity index is 2.30. The number of hydrogen-bond acceptors (Lipinski definition) is 3. The molecule has 0 aliphatic carbocycles. The quantitative estimate of drug-likeness (QED) is 0.456. The standard InChI is InChI=1S/C7H12O3/c1-2-6(8)7-4-3-5-9-10-7/h2,6-8H,1,3-5H2. The van der Waals surface area contributed by atoms with Crippen LogP contribution in [0.25, 0.3) is 0 Å². The summed E-state index contributed by atoms with van der Waals surface area (Å²) in [5, 5.41) is 9.16. The topological polar surface area (TPSA) is 38.7 Å². The summed E-state index contributed by atoms with van der Waals surface area (Å²) in [5.41, 5.74) is 0. The van der Waals surface area contributed by atoms with Gasteiger partial charge in [0.15, 0.2) is 0 Å². The van der Waals surface area contributed by atoms with Gasteiger partial charge in [0, 0.05) is 0 Å². The Hall–Kier alpha value is -0.380. The minimum atomic E-state index is -0.597. The molecule has 0 amide bonds. The molecule has 1 fully saturated rings. The fourth-order valence-electron chi connectivity index (χ4n) is 0.907. The molecular formula is C7H12O3. The molecule has 10 heavy (non-hydrogen) atoms. The van der Waals surface area contributed by atoms with Gasteiger partial charge < -0.3 is 5.11 Å². The zero-order valence-electron chi connectivity index (χ0n) is 5.82. The molecule has 0 aromatic heterocycles. The van der Waals surface area contributed by atoms with Gasteiger partial charge in [-0.1, -0.05) is 6.08 Å². The van der Waals surface area contributed by atoms with E-state index in [9.17, 15) is 0 Å². The second kappa shape index (κ2) is 3.71. The molecule has 0 bridgehead atoms.